The van der Waals surface area contributed by atoms with E-state index in [2.05, 4.69) is 25.9 Å². The van der Waals surface area contributed by atoms with E-state index in [0.29, 0.717) is 16.2 Å². The van der Waals surface area contributed by atoms with Crippen LogP contribution < -0.4 is 4.74 Å². The lowest BCUT2D eigenvalue weighted by Crippen LogP contribution is -2.26. The van der Waals surface area contributed by atoms with Crippen LogP contribution in [0, 0.1) is 11.2 Å². The van der Waals surface area contributed by atoms with Crippen molar-refractivity contribution in [3.05, 3.63) is 57.0 Å². The first-order valence-corrected chi connectivity index (χ1v) is 9.59. The maximum atomic E-state index is 14.6. The molecule has 1 unspecified atom stereocenters. The van der Waals surface area contributed by atoms with Gasteiger partial charge in [0, 0.05) is 38.8 Å². The molecule has 3 aromatic rings. The van der Waals surface area contributed by atoms with Crippen LogP contribution in [0.2, 0.25) is 5.02 Å². The van der Waals surface area contributed by atoms with Crippen LogP contribution >= 0.6 is 27.5 Å². The van der Waals surface area contributed by atoms with Gasteiger partial charge in [-0.15, -0.1) is 0 Å². The normalized spacial score (nSPS) is 13.0. The van der Waals surface area contributed by atoms with Crippen molar-refractivity contribution < 1.29 is 13.9 Å². The molecule has 0 amide bonds. The fourth-order valence-corrected chi connectivity index (χ4v) is 3.46. The number of hydrogen-bond donors (Lipinski definition) is 1. The predicted molar refractivity (Wildman–Crippen MR) is 108 cm³/mol. The number of hydrogen-bond acceptors (Lipinski definition) is 3. The Kier molecular flexibility index (Phi) is 5.32. The third-order valence-electron chi connectivity index (χ3n) is 4.33. The number of rotatable bonds is 3. The molecule has 1 atom stereocenters. The molecule has 1 aromatic carbocycles. The smallest absolute Gasteiger partial charge is 0.316 e. The quantitative estimate of drug-likeness (QED) is 0.378. The highest BCUT2D eigenvalue weighted by molar-refractivity contribution is 9.10. The first-order chi connectivity index (χ1) is 12.6. The van der Waals surface area contributed by atoms with E-state index >= 15 is 0 Å². The van der Waals surface area contributed by atoms with Crippen molar-refractivity contribution in [2.75, 3.05) is 0 Å². The molecule has 27 heavy (non-hydrogen) atoms. The van der Waals surface area contributed by atoms with Crippen molar-refractivity contribution in [1.29, 1.82) is 0 Å². The molecule has 1 N–H and O–H groups in total. The zero-order chi connectivity index (χ0) is 19.9. The maximum Gasteiger partial charge on any atom is 0.316 e. The van der Waals surface area contributed by atoms with Crippen molar-refractivity contribution in [2.45, 2.75) is 33.6 Å². The highest BCUT2D eigenvalue weighted by Gasteiger charge is 2.29. The van der Waals surface area contributed by atoms with Gasteiger partial charge < -0.3 is 9.72 Å². The van der Waals surface area contributed by atoms with E-state index in [1.165, 1.54) is 12.1 Å². The van der Waals surface area contributed by atoms with Gasteiger partial charge >= 0.3 is 5.97 Å². The van der Waals surface area contributed by atoms with E-state index in [1.54, 1.807) is 27.0 Å². The van der Waals surface area contributed by atoms with Crippen LogP contribution in [-0.2, 0) is 4.79 Å². The summed E-state index contributed by atoms with van der Waals surface area (Å²) in [4.78, 5) is 19.8. The molecule has 0 aliphatic carbocycles. The van der Waals surface area contributed by atoms with Crippen LogP contribution in [0.1, 0.15) is 44.7 Å². The number of carbonyl (C=O) groups is 1. The van der Waals surface area contributed by atoms with Gasteiger partial charge in [-0.2, -0.15) is 0 Å². The van der Waals surface area contributed by atoms with E-state index in [9.17, 15) is 9.18 Å². The van der Waals surface area contributed by atoms with Gasteiger partial charge in [0.15, 0.2) is 11.6 Å². The molecule has 0 saturated carbocycles. The lowest BCUT2D eigenvalue weighted by Gasteiger charge is -2.21. The fourth-order valence-electron chi connectivity index (χ4n) is 2.81. The second-order valence-corrected chi connectivity index (χ2v) is 8.75. The fraction of sp³-hybridized carbons (Fsp3) is 0.300. The summed E-state index contributed by atoms with van der Waals surface area (Å²) in [5.41, 5.74) is 1.24. The van der Waals surface area contributed by atoms with Crippen molar-refractivity contribution >= 4 is 44.5 Å². The molecule has 2 heterocycles. The van der Waals surface area contributed by atoms with Gasteiger partial charge in [-0.3, -0.25) is 4.79 Å². The number of aromatic nitrogens is 2. The molecular weight excluding hydrogens is 435 g/mol. The van der Waals surface area contributed by atoms with Crippen LogP contribution in [0.4, 0.5) is 4.39 Å². The molecular formula is C20H19BrClFN2O2. The van der Waals surface area contributed by atoms with Crippen molar-refractivity contribution in [3.8, 4) is 5.75 Å². The third-order valence-corrected chi connectivity index (χ3v) is 5.09. The number of nitrogens with one attached hydrogen (secondary N) is 1. The number of fused-ring (bicyclic) bond motifs is 1. The van der Waals surface area contributed by atoms with Crippen LogP contribution in [0.3, 0.4) is 0 Å². The zero-order valence-electron chi connectivity index (χ0n) is 15.4. The van der Waals surface area contributed by atoms with E-state index in [4.69, 9.17) is 16.3 Å². The minimum absolute atomic E-state index is 0.132. The topological polar surface area (TPSA) is 55.0 Å². The second kappa shape index (κ2) is 7.24. The molecule has 0 aliphatic heterocycles. The van der Waals surface area contributed by atoms with E-state index in [1.807, 2.05) is 19.2 Å². The van der Waals surface area contributed by atoms with Crippen molar-refractivity contribution in [3.63, 3.8) is 0 Å². The molecule has 0 radical (unpaired) electrons. The average Bonchev–Trinajstić information content (AvgIpc) is 2.99. The SMILES string of the molecule is CC(c1c(Cl)ccc(F)c1OC(=O)C(C)(C)C)c1c[nH]c2ncc(Br)cc12. The molecule has 4 nitrogen and oxygen atoms in total. The predicted octanol–water partition coefficient (Wildman–Crippen LogP) is 6.22. The minimum atomic E-state index is -0.773. The molecule has 3 rings (SSSR count). The number of ether oxygens (including phenoxy) is 1. The van der Waals surface area contributed by atoms with Crippen molar-refractivity contribution in [1.82, 2.24) is 9.97 Å². The molecule has 142 valence electrons. The van der Waals surface area contributed by atoms with Gasteiger partial charge in [0.05, 0.1) is 5.41 Å². The lowest BCUT2D eigenvalue weighted by atomic mass is 9.92. The summed E-state index contributed by atoms with van der Waals surface area (Å²) in [6.07, 6.45) is 3.50. The standard InChI is InChI=1S/C20H19BrClFN2O2/c1-10(13-9-25-18-12(13)7-11(21)8-24-18)16-14(22)5-6-15(23)17(16)27-19(26)20(2,3)4/h5-10H,1-4H3,(H,24,25). The molecule has 0 saturated heterocycles. The summed E-state index contributed by atoms with van der Waals surface area (Å²) in [7, 11) is 0. The Morgan fingerprint density at radius 1 is 1.37 bits per heavy atom. The largest absolute Gasteiger partial charge is 0.423 e. The lowest BCUT2D eigenvalue weighted by molar-refractivity contribution is -0.143. The molecule has 2 aromatic heterocycles. The summed E-state index contributed by atoms with van der Waals surface area (Å²) < 4.78 is 20.9. The van der Waals surface area contributed by atoms with Crippen LogP contribution in [-0.4, -0.2) is 15.9 Å². The number of carbonyl (C=O) groups excluding carboxylic acids is 1. The van der Waals surface area contributed by atoms with E-state index in [-0.39, 0.29) is 11.7 Å². The summed E-state index contributed by atoms with van der Waals surface area (Å²) in [5, 5.41) is 1.21. The Labute approximate surface area is 170 Å². The first-order valence-electron chi connectivity index (χ1n) is 8.42. The van der Waals surface area contributed by atoms with Gasteiger partial charge in [-0.1, -0.05) is 18.5 Å². The van der Waals surface area contributed by atoms with E-state index in [0.717, 1.165) is 15.4 Å². The summed E-state index contributed by atoms with van der Waals surface area (Å²) in [5.74, 6) is -1.62. The number of H-pyrrole nitrogens is 1. The Morgan fingerprint density at radius 3 is 2.74 bits per heavy atom. The zero-order valence-corrected chi connectivity index (χ0v) is 17.7. The second-order valence-electron chi connectivity index (χ2n) is 7.43. The Hall–Kier alpha value is -1.92. The van der Waals surface area contributed by atoms with Gasteiger partial charge in [-0.05, 0) is 60.5 Å². The number of esters is 1. The number of nitrogens with zero attached hydrogens (tertiary/aromatic N) is 1. The highest BCUT2D eigenvalue weighted by Crippen LogP contribution is 2.41. The molecule has 0 spiro atoms. The van der Waals surface area contributed by atoms with Gasteiger partial charge in [0.1, 0.15) is 5.65 Å². The highest BCUT2D eigenvalue weighted by atomic mass is 79.9. The number of pyridine rings is 1. The molecule has 0 fully saturated rings. The van der Waals surface area contributed by atoms with Crippen LogP contribution in [0.5, 0.6) is 5.75 Å². The van der Waals surface area contributed by atoms with Gasteiger partial charge in [0.25, 0.3) is 0 Å². The maximum absolute atomic E-state index is 14.6. The van der Waals surface area contributed by atoms with Gasteiger partial charge in [-0.25, -0.2) is 9.37 Å². The first kappa shape index (κ1) is 19.8. The summed E-state index contributed by atoms with van der Waals surface area (Å²) in [6, 6.07) is 4.61. The summed E-state index contributed by atoms with van der Waals surface area (Å²) >= 11 is 9.82. The van der Waals surface area contributed by atoms with Crippen LogP contribution in [0.15, 0.2) is 35.1 Å². The number of benzene rings is 1. The number of halogens is 3. The molecule has 0 bridgehead atoms. The monoisotopic (exact) mass is 452 g/mol. The Balaban J connectivity index is 2.13. The number of aromatic amines is 1. The van der Waals surface area contributed by atoms with E-state index < -0.39 is 17.2 Å². The summed E-state index contributed by atoms with van der Waals surface area (Å²) in [6.45, 7) is 7.02. The Morgan fingerprint density at radius 2 is 2.07 bits per heavy atom. The Bertz CT molecular complexity index is 1030. The molecule has 7 heteroatoms. The van der Waals surface area contributed by atoms with Crippen molar-refractivity contribution in [2.24, 2.45) is 5.41 Å². The average molecular weight is 454 g/mol. The third kappa shape index (κ3) is 3.87. The van der Waals surface area contributed by atoms with Crippen LogP contribution in [0.25, 0.3) is 11.0 Å². The molecule has 0 aliphatic rings. The minimum Gasteiger partial charge on any atom is -0.423 e. The van der Waals surface area contributed by atoms with Gasteiger partial charge in [0.2, 0.25) is 0 Å².